The topological polar surface area (TPSA) is 67.9 Å². The van der Waals surface area contributed by atoms with Crippen molar-refractivity contribution in [1.29, 1.82) is 0 Å². The number of rotatable bonds is 5. The van der Waals surface area contributed by atoms with Crippen molar-refractivity contribution in [2.45, 2.75) is 26.9 Å². The lowest BCUT2D eigenvalue weighted by Gasteiger charge is -2.20. The second kappa shape index (κ2) is 8.84. The molecule has 0 saturated heterocycles. The monoisotopic (exact) mass is 360 g/mol. The second-order valence-electron chi connectivity index (χ2n) is 5.70. The van der Waals surface area contributed by atoms with E-state index < -0.39 is 12.2 Å². The van der Waals surface area contributed by atoms with Crippen molar-refractivity contribution in [3.05, 3.63) is 54.3 Å². The van der Waals surface area contributed by atoms with E-state index in [1.807, 2.05) is 0 Å². The maximum Gasteiger partial charge on any atom is 0.419 e. The van der Waals surface area contributed by atoms with E-state index in [1.165, 1.54) is 35.2 Å². The molecular formula is C19H21FN2O4. The fourth-order valence-corrected chi connectivity index (χ4v) is 2.19. The first kappa shape index (κ1) is 19.2. The summed E-state index contributed by atoms with van der Waals surface area (Å²) in [7, 11) is 0. The summed E-state index contributed by atoms with van der Waals surface area (Å²) < 4.78 is 23.4. The Labute approximate surface area is 151 Å². The van der Waals surface area contributed by atoms with Gasteiger partial charge in [0.2, 0.25) is 0 Å². The zero-order chi connectivity index (χ0) is 19.1. The van der Waals surface area contributed by atoms with Crippen LogP contribution in [-0.4, -0.2) is 24.8 Å². The molecule has 0 aromatic heterocycles. The Balaban J connectivity index is 2.07. The molecule has 2 rings (SSSR count). The van der Waals surface area contributed by atoms with Gasteiger partial charge in [-0.15, -0.1) is 0 Å². The van der Waals surface area contributed by atoms with E-state index in [4.69, 9.17) is 9.47 Å². The van der Waals surface area contributed by atoms with Crippen molar-refractivity contribution in [1.82, 2.24) is 0 Å². The number of nitrogens with zero attached hydrogens (tertiary/aromatic N) is 1. The normalized spacial score (nSPS) is 10.3. The lowest BCUT2D eigenvalue weighted by Crippen LogP contribution is -2.33. The maximum atomic E-state index is 13.1. The van der Waals surface area contributed by atoms with Gasteiger partial charge in [0.05, 0.1) is 6.10 Å². The zero-order valence-corrected chi connectivity index (χ0v) is 14.9. The first-order valence-corrected chi connectivity index (χ1v) is 8.21. The molecule has 0 radical (unpaired) electrons. The standard InChI is InChI=1S/C19H21FN2O4/c1-4-22(16-10-8-14(20)9-11-16)19(24)26-17-7-5-6-15(12-17)21-18(23)25-13(2)3/h5-13H,4H2,1-3H3,(H,21,23). The van der Waals surface area contributed by atoms with Gasteiger partial charge >= 0.3 is 12.2 Å². The average molecular weight is 360 g/mol. The Morgan fingerprint density at radius 2 is 1.85 bits per heavy atom. The Bertz CT molecular complexity index is 762. The van der Waals surface area contributed by atoms with Crippen molar-refractivity contribution >= 4 is 23.6 Å². The second-order valence-corrected chi connectivity index (χ2v) is 5.70. The molecule has 0 aliphatic carbocycles. The molecule has 7 heteroatoms. The number of anilines is 2. The van der Waals surface area contributed by atoms with Gasteiger partial charge in [0.25, 0.3) is 0 Å². The molecule has 0 aliphatic heterocycles. The Hall–Kier alpha value is -3.09. The van der Waals surface area contributed by atoms with Gasteiger partial charge in [-0.3, -0.25) is 10.2 Å². The van der Waals surface area contributed by atoms with Crippen LogP contribution in [0.4, 0.5) is 25.4 Å². The molecule has 0 bridgehead atoms. The molecule has 26 heavy (non-hydrogen) atoms. The van der Waals surface area contributed by atoms with Crippen LogP contribution in [0.5, 0.6) is 5.75 Å². The fourth-order valence-electron chi connectivity index (χ4n) is 2.19. The average Bonchev–Trinajstić information content (AvgIpc) is 2.56. The van der Waals surface area contributed by atoms with Crippen LogP contribution in [0.15, 0.2) is 48.5 Å². The number of hydrogen-bond donors (Lipinski definition) is 1. The summed E-state index contributed by atoms with van der Waals surface area (Å²) in [5.74, 6) is -0.122. The van der Waals surface area contributed by atoms with E-state index in [-0.39, 0.29) is 17.7 Å². The molecule has 138 valence electrons. The van der Waals surface area contributed by atoms with Crippen LogP contribution in [0.3, 0.4) is 0 Å². The van der Waals surface area contributed by atoms with Gasteiger partial charge in [0.15, 0.2) is 0 Å². The molecule has 0 aliphatic rings. The van der Waals surface area contributed by atoms with E-state index in [0.717, 1.165) is 0 Å². The third kappa shape index (κ3) is 5.47. The van der Waals surface area contributed by atoms with Gasteiger partial charge in [-0.2, -0.15) is 0 Å². The van der Waals surface area contributed by atoms with E-state index in [0.29, 0.717) is 17.9 Å². The van der Waals surface area contributed by atoms with E-state index in [9.17, 15) is 14.0 Å². The largest absolute Gasteiger partial charge is 0.447 e. The van der Waals surface area contributed by atoms with Gasteiger partial charge in [0, 0.05) is 24.0 Å². The minimum Gasteiger partial charge on any atom is -0.447 e. The Kier molecular flexibility index (Phi) is 6.54. The first-order chi connectivity index (χ1) is 12.4. The summed E-state index contributed by atoms with van der Waals surface area (Å²) in [5.41, 5.74) is 0.958. The predicted octanol–water partition coefficient (Wildman–Crippen LogP) is 4.81. The van der Waals surface area contributed by atoms with Gasteiger partial charge in [-0.1, -0.05) is 6.07 Å². The quantitative estimate of drug-likeness (QED) is 0.831. The highest BCUT2D eigenvalue weighted by Gasteiger charge is 2.17. The molecule has 2 aromatic rings. The number of halogens is 1. The molecule has 0 fully saturated rings. The van der Waals surface area contributed by atoms with Crippen LogP contribution in [0.2, 0.25) is 0 Å². The van der Waals surface area contributed by atoms with Crippen LogP contribution in [0, 0.1) is 5.82 Å². The van der Waals surface area contributed by atoms with Gasteiger partial charge in [-0.25, -0.2) is 14.0 Å². The fraction of sp³-hybridized carbons (Fsp3) is 0.263. The number of benzene rings is 2. The van der Waals surface area contributed by atoms with Crippen LogP contribution in [0.1, 0.15) is 20.8 Å². The maximum absolute atomic E-state index is 13.1. The summed E-state index contributed by atoms with van der Waals surface area (Å²) in [6.45, 7) is 5.62. The molecule has 1 N–H and O–H groups in total. The van der Waals surface area contributed by atoms with Gasteiger partial charge < -0.3 is 9.47 Å². The van der Waals surface area contributed by atoms with Crippen molar-refractivity contribution in [2.75, 3.05) is 16.8 Å². The van der Waals surface area contributed by atoms with Gasteiger partial charge in [-0.05, 0) is 57.2 Å². The highest BCUT2D eigenvalue weighted by Crippen LogP contribution is 2.21. The molecule has 2 aromatic carbocycles. The smallest absolute Gasteiger partial charge is 0.419 e. The van der Waals surface area contributed by atoms with Crippen LogP contribution < -0.4 is 15.0 Å². The number of carbonyl (C=O) groups is 2. The van der Waals surface area contributed by atoms with E-state index >= 15 is 0 Å². The van der Waals surface area contributed by atoms with Crippen molar-refractivity contribution in [3.63, 3.8) is 0 Å². The highest BCUT2D eigenvalue weighted by molar-refractivity contribution is 5.89. The number of amides is 2. The number of hydrogen-bond acceptors (Lipinski definition) is 4. The summed E-state index contributed by atoms with van der Waals surface area (Å²) >= 11 is 0. The molecule has 0 saturated carbocycles. The molecule has 6 nitrogen and oxygen atoms in total. The Morgan fingerprint density at radius 1 is 1.15 bits per heavy atom. The molecule has 0 atom stereocenters. The summed E-state index contributed by atoms with van der Waals surface area (Å²) in [5, 5.41) is 2.56. The van der Waals surface area contributed by atoms with Crippen molar-refractivity contribution < 1.29 is 23.5 Å². The summed E-state index contributed by atoms with van der Waals surface area (Å²) in [6, 6.07) is 11.9. The molecule has 0 unspecified atom stereocenters. The number of nitrogens with one attached hydrogen (secondary N) is 1. The van der Waals surface area contributed by atoms with Crippen molar-refractivity contribution in [2.24, 2.45) is 0 Å². The van der Waals surface area contributed by atoms with E-state index in [1.54, 1.807) is 39.0 Å². The Morgan fingerprint density at radius 3 is 2.46 bits per heavy atom. The van der Waals surface area contributed by atoms with E-state index in [2.05, 4.69) is 5.32 Å². The van der Waals surface area contributed by atoms with Gasteiger partial charge in [0.1, 0.15) is 11.6 Å². The van der Waals surface area contributed by atoms with Crippen LogP contribution in [0.25, 0.3) is 0 Å². The summed E-state index contributed by atoms with van der Waals surface area (Å²) in [4.78, 5) is 25.4. The first-order valence-electron chi connectivity index (χ1n) is 8.21. The third-order valence-electron chi connectivity index (χ3n) is 3.30. The zero-order valence-electron chi connectivity index (χ0n) is 14.9. The molecule has 0 spiro atoms. The number of carbonyl (C=O) groups excluding carboxylic acids is 2. The lowest BCUT2D eigenvalue weighted by molar-refractivity contribution is 0.130. The SMILES string of the molecule is CCN(C(=O)Oc1cccc(NC(=O)OC(C)C)c1)c1ccc(F)cc1. The summed E-state index contributed by atoms with van der Waals surface area (Å²) in [6.07, 6.45) is -1.45. The minimum atomic E-state index is -0.610. The molecule has 2 amide bonds. The van der Waals surface area contributed by atoms with Crippen LogP contribution in [-0.2, 0) is 4.74 Å². The third-order valence-corrected chi connectivity index (χ3v) is 3.30. The number of ether oxygens (including phenoxy) is 2. The highest BCUT2D eigenvalue weighted by atomic mass is 19.1. The lowest BCUT2D eigenvalue weighted by atomic mass is 10.3. The van der Waals surface area contributed by atoms with Crippen molar-refractivity contribution in [3.8, 4) is 5.75 Å². The predicted molar refractivity (Wildman–Crippen MR) is 97.1 cm³/mol. The van der Waals surface area contributed by atoms with Crippen LogP contribution >= 0.6 is 0 Å². The molecular weight excluding hydrogens is 339 g/mol. The molecule has 0 heterocycles. The minimum absolute atomic E-state index is 0.246.